The molecule has 124 valence electrons. The summed E-state index contributed by atoms with van der Waals surface area (Å²) in [4.78, 5) is 23.4. The molecule has 0 heterocycles. The van der Waals surface area contributed by atoms with Gasteiger partial charge in [-0.25, -0.2) is 9.82 Å². The lowest BCUT2D eigenvalue weighted by Gasteiger charge is -2.04. The zero-order chi connectivity index (χ0) is 17.5. The molecular weight excluding hydrogens is 428 g/mol. The Morgan fingerprint density at radius 2 is 2.04 bits per heavy atom. The van der Waals surface area contributed by atoms with Crippen molar-refractivity contribution in [3.8, 4) is 5.75 Å². The van der Waals surface area contributed by atoms with Crippen LogP contribution in [-0.4, -0.2) is 29.7 Å². The van der Waals surface area contributed by atoms with Crippen molar-refractivity contribution in [2.24, 2.45) is 5.10 Å². The highest BCUT2D eigenvalue weighted by molar-refractivity contribution is 14.1. The van der Waals surface area contributed by atoms with E-state index in [1.54, 1.807) is 12.1 Å². The molecule has 2 aromatic carbocycles. The summed E-state index contributed by atoms with van der Waals surface area (Å²) < 4.78 is 13.9. The minimum Gasteiger partial charge on any atom is -0.507 e. The second-order valence-corrected chi connectivity index (χ2v) is 5.93. The number of nitrogens with one attached hydrogen (secondary N) is 2. The van der Waals surface area contributed by atoms with Crippen LogP contribution in [0.5, 0.6) is 5.75 Å². The molecule has 2 amide bonds. The van der Waals surface area contributed by atoms with Gasteiger partial charge in [-0.15, -0.1) is 0 Å². The van der Waals surface area contributed by atoms with Gasteiger partial charge in [-0.1, -0.05) is 6.07 Å². The summed E-state index contributed by atoms with van der Waals surface area (Å²) in [6.07, 6.45) is 1.30. The first-order valence-electron chi connectivity index (χ1n) is 6.80. The van der Waals surface area contributed by atoms with E-state index >= 15 is 0 Å². The SMILES string of the molecule is O=C(CNC(=O)c1cccc(F)c1)N/N=C/c1cc(I)ccc1O. The van der Waals surface area contributed by atoms with Crippen molar-refractivity contribution >= 4 is 40.6 Å². The van der Waals surface area contributed by atoms with E-state index in [0.717, 1.165) is 9.64 Å². The molecule has 3 N–H and O–H groups in total. The number of rotatable bonds is 5. The first-order chi connectivity index (χ1) is 11.5. The highest BCUT2D eigenvalue weighted by atomic mass is 127. The molecule has 0 bridgehead atoms. The number of aromatic hydroxyl groups is 1. The van der Waals surface area contributed by atoms with Crippen LogP contribution >= 0.6 is 22.6 Å². The molecule has 8 heteroatoms. The highest BCUT2D eigenvalue weighted by Gasteiger charge is 2.08. The third kappa shape index (κ3) is 5.30. The molecule has 24 heavy (non-hydrogen) atoms. The molecule has 2 aromatic rings. The van der Waals surface area contributed by atoms with Gasteiger partial charge >= 0.3 is 0 Å². The van der Waals surface area contributed by atoms with Gasteiger partial charge < -0.3 is 10.4 Å². The maximum absolute atomic E-state index is 13.0. The molecule has 0 aliphatic rings. The molecule has 2 rings (SSSR count). The van der Waals surface area contributed by atoms with Crippen LogP contribution in [-0.2, 0) is 4.79 Å². The molecule has 0 radical (unpaired) electrons. The summed E-state index contributed by atoms with van der Waals surface area (Å²) in [6, 6.07) is 10.1. The van der Waals surface area contributed by atoms with E-state index in [4.69, 9.17) is 0 Å². The number of amides is 2. The van der Waals surface area contributed by atoms with Gasteiger partial charge in [-0.2, -0.15) is 5.10 Å². The van der Waals surface area contributed by atoms with E-state index in [1.807, 2.05) is 0 Å². The second-order valence-electron chi connectivity index (χ2n) is 4.69. The number of halogens is 2. The molecule has 0 aliphatic heterocycles. The molecule has 0 saturated heterocycles. The molecule has 0 atom stereocenters. The number of hydrazone groups is 1. The third-order valence-corrected chi connectivity index (χ3v) is 3.55. The number of carbonyl (C=O) groups excluding carboxylic acids is 2. The summed E-state index contributed by atoms with van der Waals surface area (Å²) in [7, 11) is 0. The largest absolute Gasteiger partial charge is 0.507 e. The van der Waals surface area contributed by atoms with Gasteiger partial charge in [0.2, 0.25) is 0 Å². The van der Waals surface area contributed by atoms with Crippen molar-refractivity contribution in [3.63, 3.8) is 0 Å². The molecule has 0 spiro atoms. The number of hydrogen-bond acceptors (Lipinski definition) is 4. The Balaban J connectivity index is 1.84. The van der Waals surface area contributed by atoms with E-state index in [9.17, 15) is 19.1 Å². The van der Waals surface area contributed by atoms with Crippen molar-refractivity contribution in [2.45, 2.75) is 0 Å². The van der Waals surface area contributed by atoms with Gasteiger partial charge in [-0.05, 0) is 59.0 Å². The van der Waals surface area contributed by atoms with E-state index in [2.05, 4.69) is 38.4 Å². The molecular formula is C16H13FIN3O3. The van der Waals surface area contributed by atoms with E-state index < -0.39 is 17.6 Å². The summed E-state index contributed by atoms with van der Waals surface area (Å²) >= 11 is 2.08. The fraction of sp³-hybridized carbons (Fsp3) is 0.0625. The monoisotopic (exact) mass is 441 g/mol. The Bertz CT molecular complexity index is 796. The third-order valence-electron chi connectivity index (χ3n) is 2.88. The smallest absolute Gasteiger partial charge is 0.259 e. The first-order valence-corrected chi connectivity index (χ1v) is 7.88. The van der Waals surface area contributed by atoms with Crippen molar-refractivity contribution in [2.75, 3.05) is 6.54 Å². The van der Waals surface area contributed by atoms with Gasteiger partial charge in [0.05, 0.1) is 12.8 Å². The fourth-order valence-corrected chi connectivity index (χ4v) is 2.25. The average molecular weight is 441 g/mol. The van der Waals surface area contributed by atoms with Crippen molar-refractivity contribution in [3.05, 3.63) is 63.0 Å². The first kappa shape index (κ1) is 17.9. The summed E-state index contributed by atoms with van der Waals surface area (Å²) in [5.41, 5.74) is 2.79. The van der Waals surface area contributed by atoms with Crippen LogP contribution in [0, 0.1) is 9.39 Å². The molecule has 0 aliphatic carbocycles. The standard InChI is InChI=1S/C16H13FIN3O3/c17-12-3-1-2-10(6-12)16(24)19-9-15(23)21-20-8-11-7-13(18)4-5-14(11)22/h1-8,22H,9H2,(H,19,24)(H,21,23)/b20-8+. The zero-order valence-corrected chi connectivity index (χ0v) is 14.5. The van der Waals surface area contributed by atoms with Crippen LogP contribution in [0.25, 0.3) is 0 Å². The van der Waals surface area contributed by atoms with Crippen LogP contribution in [0.4, 0.5) is 4.39 Å². The van der Waals surface area contributed by atoms with E-state index in [0.29, 0.717) is 5.56 Å². The van der Waals surface area contributed by atoms with Gasteiger partial charge in [0.25, 0.3) is 11.8 Å². The average Bonchev–Trinajstić information content (AvgIpc) is 2.56. The van der Waals surface area contributed by atoms with Gasteiger partial charge in [0, 0.05) is 14.7 Å². The topological polar surface area (TPSA) is 90.8 Å². The molecule has 0 saturated carbocycles. The Labute approximate surface area is 150 Å². The molecule has 0 aromatic heterocycles. The summed E-state index contributed by atoms with van der Waals surface area (Å²) in [5.74, 6) is -1.62. The van der Waals surface area contributed by atoms with Gasteiger partial charge in [0.1, 0.15) is 11.6 Å². The van der Waals surface area contributed by atoms with Crippen molar-refractivity contribution in [1.29, 1.82) is 0 Å². The zero-order valence-electron chi connectivity index (χ0n) is 12.3. The van der Waals surface area contributed by atoms with Crippen LogP contribution in [0.2, 0.25) is 0 Å². The molecule has 0 unspecified atom stereocenters. The molecule has 0 fully saturated rings. The van der Waals surface area contributed by atoms with Crippen LogP contribution in [0.3, 0.4) is 0 Å². The number of carbonyl (C=O) groups is 2. The quantitative estimate of drug-likeness (QED) is 0.377. The Hall–Kier alpha value is -2.49. The number of benzene rings is 2. The second kappa shape index (κ2) is 8.39. The lowest BCUT2D eigenvalue weighted by atomic mass is 10.2. The predicted octanol–water partition coefficient (Wildman–Crippen LogP) is 2.02. The van der Waals surface area contributed by atoms with E-state index in [-0.39, 0.29) is 17.9 Å². The summed E-state index contributed by atoms with van der Waals surface area (Å²) in [6.45, 7) is -0.314. The Kier molecular flexibility index (Phi) is 6.24. The fourth-order valence-electron chi connectivity index (χ4n) is 1.73. The Morgan fingerprint density at radius 3 is 2.79 bits per heavy atom. The number of nitrogens with zero attached hydrogens (tertiary/aromatic N) is 1. The molecule has 6 nitrogen and oxygen atoms in total. The maximum atomic E-state index is 13.0. The minimum absolute atomic E-state index is 0.0350. The lowest BCUT2D eigenvalue weighted by Crippen LogP contribution is -2.34. The van der Waals surface area contributed by atoms with Crippen LogP contribution in [0.15, 0.2) is 47.6 Å². The lowest BCUT2D eigenvalue weighted by molar-refractivity contribution is -0.120. The predicted molar refractivity (Wildman–Crippen MR) is 95.3 cm³/mol. The normalized spacial score (nSPS) is 10.6. The maximum Gasteiger partial charge on any atom is 0.259 e. The minimum atomic E-state index is -0.566. The number of phenolic OH excluding ortho intramolecular Hbond substituents is 1. The number of hydrogen-bond donors (Lipinski definition) is 3. The Morgan fingerprint density at radius 1 is 1.25 bits per heavy atom. The van der Waals surface area contributed by atoms with Gasteiger partial charge in [0.15, 0.2) is 0 Å². The van der Waals surface area contributed by atoms with Crippen LogP contribution in [0.1, 0.15) is 15.9 Å². The van der Waals surface area contributed by atoms with Crippen molar-refractivity contribution in [1.82, 2.24) is 10.7 Å². The van der Waals surface area contributed by atoms with E-state index in [1.165, 1.54) is 30.5 Å². The van der Waals surface area contributed by atoms with Gasteiger partial charge in [-0.3, -0.25) is 9.59 Å². The number of phenols is 1. The van der Waals surface area contributed by atoms with Crippen molar-refractivity contribution < 1.29 is 19.1 Å². The summed E-state index contributed by atoms with van der Waals surface area (Å²) in [5, 5.41) is 15.7. The highest BCUT2D eigenvalue weighted by Crippen LogP contribution is 2.17. The van der Waals surface area contributed by atoms with Crippen LogP contribution < -0.4 is 10.7 Å².